The summed E-state index contributed by atoms with van der Waals surface area (Å²) in [5.41, 5.74) is 19.2. The van der Waals surface area contributed by atoms with Crippen molar-refractivity contribution in [1.29, 1.82) is 0 Å². The average molecular weight is 637 g/mol. The van der Waals surface area contributed by atoms with Crippen LogP contribution in [0.3, 0.4) is 0 Å². The summed E-state index contributed by atoms with van der Waals surface area (Å²) in [4.78, 5) is 59.5. The fourth-order valence-electron chi connectivity index (χ4n) is 4.97. The highest BCUT2D eigenvalue weighted by Crippen LogP contribution is 2.20. The molecule has 12 N–H and O–H groups in total. The van der Waals surface area contributed by atoms with Crippen molar-refractivity contribution in [3.8, 4) is 5.75 Å². The van der Waals surface area contributed by atoms with Gasteiger partial charge in [-0.2, -0.15) is 0 Å². The Balaban J connectivity index is 1.81. The number of carboxylic acid groups (broad SMARTS) is 1. The number of aromatic hydroxyl groups is 1. The largest absolute Gasteiger partial charge is 0.508 e. The molecule has 0 radical (unpaired) electrons. The number of hydrogen-bond acceptors (Lipinski definition) is 7. The lowest BCUT2D eigenvalue weighted by Crippen LogP contribution is -2.59. The molecule has 0 spiro atoms. The van der Waals surface area contributed by atoms with Crippen LogP contribution in [0.5, 0.6) is 5.75 Å². The molecule has 248 valence electrons. The van der Waals surface area contributed by atoms with Gasteiger partial charge in [0.1, 0.15) is 23.9 Å². The van der Waals surface area contributed by atoms with Crippen LogP contribution in [0, 0.1) is 5.92 Å². The highest BCUT2D eigenvalue weighted by Gasteiger charge is 2.33. The zero-order valence-electron chi connectivity index (χ0n) is 26.0. The van der Waals surface area contributed by atoms with Gasteiger partial charge in [0.25, 0.3) is 0 Å². The molecule has 0 fully saturated rings. The van der Waals surface area contributed by atoms with E-state index in [2.05, 4.69) is 25.9 Å². The maximum absolute atomic E-state index is 13.8. The highest BCUT2D eigenvalue weighted by atomic mass is 16.4. The molecular weight excluding hydrogens is 592 g/mol. The number of rotatable bonds is 17. The van der Waals surface area contributed by atoms with Crippen LogP contribution < -0.4 is 33.2 Å². The quantitative estimate of drug-likeness (QED) is 0.0571. The number of hydrogen-bond donors (Lipinski definition) is 9. The number of carboxylic acids is 1. The summed E-state index contributed by atoms with van der Waals surface area (Å²) < 4.78 is 0. The van der Waals surface area contributed by atoms with Crippen molar-refractivity contribution >= 4 is 40.6 Å². The van der Waals surface area contributed by atoms with Crippen LogP contribution >= 0.6 is 0 Å². The number of aromatic amines is 1. The number of aliphatic imine (C=N–C) groups is 1. The molecule has 46 heavy (non-hydrogen) atoms. The smallest absolute Gasteiger partial charge is 0.326 e. The zero-order chi connectivity index (χ0) is 33.8. The number of phenols is 1. The second-order valence-corrected chi connectivity index (χ2v) is 11.3. The Morgan fingerprint density at radius 3 is 2.24 bits per heavy atom. The fraction of sp³-hybridized carbons (Fsp3) is 0.406. The van der Waals surface area contributed by atoms with Gasteiger partial charge in [-0.15, -0.1) is 0 Å². The second-order valence-electron chi connectivity index (χ2n) is 11.3. The van der Waals surface area contributed by atoms with Crippen molar-refractivity contribution in [2.45, 2.75) is 70.1 Å². The van der Waals surface area contributed by atoms with Crippen LogP contribution in [0.2, 0.25) is 0 Å². The first-order valence-corrected chi connectivity index (χ1v) is 15.2. The number of guanidine groups is 1. The molecule has 14 heteroatoms. The third-order valence-electron chi connectivity index (χ3n) is 7.81. The first-order valence-electron chi connectivity index (χ1n) is 15.2. The number of nitrogens with one attached hydrogen (secondary N) is 4. The maximum Gasteiger partial charge on any atom is 0.326 e. The number of carbonyl (C=O) groups is 4. The number of aromatic nitrogens is 1. The van der Waals surface area contributed by atoms with Gasteiger partial charge in [-0.3, -0.25) is 19.4 Å². The number of nitrogens with two attached hydrogens (primary N) is 3. The van der Waals surface area contributed by atoms with Crippen LogP contribution in [-0.4, -0.2) is 75.6 Å². The van der Waals surface area contributed by atoms with Crippen LogP contribution in [0.4, 0.5) is 0 Å². The van der Waals surface area contributed by atoms with Crippen molar-refractivity contribution < 1.29 is 29.4 Å². The minimum absolute atomic E-state index is 0.0667. The van der Waals surface area contributed by atoms with E-state index in [4.69, 9.17) is 17.2 Å². The van der Waals surface area contributed by atoms with E-state index in [0.29, 0.717) is 12.8 Å². The first kappa shape index (κ1) is 35.4. The van der Waals surface area contributed by atoms with Gasteiger partial charge in [-0.05, 0) is 54.5 Å². The average Bonchev–Trinajstić information content (AvgIpc) is 3.43. The van der Waals surface area contributed by atoms with E-state index in [0.717, 1.165) is 22.0 Å². The van der Waals surface area contributed by atoms with Gasteiger partial charge in [0.15, 0.2) is 5.96 Å². The third-order valence-corrected chi connectivity index (χ3v) is 7.81. The predicted octanol–water partition coefficient (Wildman–Crippen LogP) is 0.625. The van der Waals surface area contributed by atoms with Gasteiger partial charge in [0, 0.05) is 30.1 Å². The lowest BCUT2D eigenvalue weighted by atomic mass is 9.96. The lowest BCUT2D eigenvalue weighted by Gasteiger charge is -2.28. The molecule has 3 amide bonds. The van der Waals surface area contributed by atoms with Gasteiger partial charge in [-0.25, -0.2) is 4.79 Å². The topological polar surface area (TPSA) is 251 Å². The highest BCUT2D eigenvalue weighted by molar-refractivity contribution is 5.95. The molecule has 0 saturated heterocycles. The van der Waals surface area contributed by atoms with Gasteiger partial charge in [0.05, 0.1) is 6.04 Å². The summed E-state index contributed by atoms with van der Waals surface area (Å²) >= 11 is 0. The number of benzene rings is 2. The monoisotopic (exact) mass is 636 g/mol. The van der Waals surface area contributed by atoms with E-state index < -0.39 is 47.9 Å². The summed E-state index contributed by atoms with van der Waals surface area (Å²) in [5.74, 6) is -3.53. The molecule has 1 aromatic heterocycles. The molecule has 0 aliphatic carbocycles. The molecule has 14 nitrogen and oxygen atoms in total. The van der Waals surface area contributed by atoms with Crippen molar-refractivity contribution in [2.24, 2.45) is 28.1 Å². The molecule has 3 rings (SSSR count). The van der Waals surface area contributed by atoms with E-state index in [9.17, 15) is 29.4 Å². The van der Waals surface area contributed by atoms with Gasteiger partial charge >= 0.3 is 5.97 Å². The fourth-order valence-corrected chi connectivity index (χ4v) is 4.97. The summed E-state index contributed by atoms with van der Waals surface area (Å²) in [6.45, 7) is 3.80. The summed E-state index contributed by atoms with van der Waals surface area (Å²) in [7, 11) is 0. The molecule has 3 aromatic rings. The SMILES string of the molecule is CCC(C)C(NC(=O)C(Cc1c[nH]c2ccccc12)NC(=O)C(N)Cc1ccc(O)cc1)C(=O)NC(CCCN=C(N)N)C(=O)O. The standard InChI is InChI=1S/C32H44N8O6/c1-3-18(2)27(30(44)38-25(31(45)46)9-6-14-36-32(34)35)40-29(43)26(16-20-17-37-24-8-5-4-7-22(20)24)39-28(42)23(33)15-19-10-12-21(41)13-11-19/h4-5,7-8,10-13,17-18,23,25-27,37,41H,3,6,9,14-16,33H2,1-2H3,(H,38,44)(H,39,42)(H,40,43)(H,45,46)(H4,34,35,36). The van der Waals surface area contributed by atoms with Gasteiger partial charge < -0.3 is 48.3 Å². The van der Waals surface area contributed by atoms with Crippen molar-refractivity contribution in [3.63, 3.8) is 0 Å². The summed E-state index contributed by atoms with van der Waals surface area (Å²) in [6.07, 6.45) is 2.87. The molecule has 0 saturated carbocycles. The first-order chi connectivity index (χ1) is 21.9. The molecule has 2 aromatic carbocycles. The number of nitrogens with zero attached hydrogens (tertiary/aromatic N) is 1. The van der Waals surface area contributed by atoms with Crippen LogP contribution in [0.25, 0.3) is 10.9 Å². The van der Waals surface area contributed by atoms with E-state index >= 15 is 0 Å². The Kier molecular flexibility index (Phi) is 12.9. The minimum Gasteiger partial charge on any atom is -0.508 e. The van der Waals surface area contributed by atoms with Crippen molar-refractivity contribution in [2.75, 3.05) is 6.54 Å². The molecule has 0 aliphatic rings. The molecule has 0 bridgehead atoms. The Labute approximate surface area is 267 Å². The number of fused-ring (bicyclic) bond motifs is 1. The minimum atomic E-state index is -1.24. The molecule has 5 unspecified atom stereocenters. The Morgan fingerprint density at radius 1 is 0.913 bits per heavy atom. The van der Waals surface area contributed by atoms with Crippen LogP contribution in [-0.2, 0) is 32.0 Å². The number of amides is 3. The third kappa shape index (κ3) is 10.2. The zero-order valence-corrected chi connectivity index (χ0v) is 26.0. The number of aliphatic carboxylic acids is 1. The second kappa shape index (κ2) is 16.8. The van der Waals surface area contributed by atoms with Crippen molar-refractivity contribution in [3.05, 3.63) is 65.9 Å². The van der Waals surface area contributed by atoms with E-state index in [1.165, 1.54) is 12.1 Å². The normalized spacial score (nSPS) is 14.3. The maximum atomic E-state index is 13.8. The number of H-pyrrole nitrogens is 1. The Hall–Kier alpha value is -5.11. The molecule has 5 atom stereocenters. The summed E-state index contributed by atoms with van der Waals surface area (Å²) in [5, 5.41) is 28.2. The number of phenolic OH excluding ortho intramolecular Hbond substituents is 1. The molecule has 1 heterocycles. The van der Waals surface area contributed by atoms with E-state index in [-0.39, 0.29) is 43.4 Å². The Morgan fingerprint density at radius 2 is 1.59 bits per heavy atom. The molecular formula is C32H44N8O6. The van der Waals surface area contributed by atoms with Crippen molar-refractivity contribution in [1.82, 2.24) is 20.9 Å². The van der Waals surface area contributed by atoms with Crippen LogP contribution in [0.15, 0.2) is 59.7 Å². The summed E-state index contributed by atoms with van der Waals surface area (Å²) in [6, 6.07) is 9.35. The van der Waals surface area contributed by atoms with Crippen LogP contribution in [0.1, 0.15) is 44.2 Å². The molecule has 0 aliphatic heterocycles. The number of carbonyl (C=O) groups excluding carboxylic acids is 3. The predicted molar refractivity (Wildman–Crippen MR) is 175 cm³/mol. The van der Waals surface area contributed by atoms with Gasteiger partial charge in [-0.1, -0.05) is 50.6 Å². The lowest BCUT2D eigenvalue weighted by molar-refractivity contribution is -0.142. The van der Waals surface area contributed by atoms with Gasteiger partial charge in [0.2, 0.25) is 17.7 Å². The van der Waals surface area contributed by atoms with E-state index in [1.807, 2.05) is 31.2 Å². The van der Waals surface area contributed by atoms with E-state index in [1.54, 1.807) is 25.3 Å². The Bertz CT molecular complexity index is 1520. The number of para-hydroxylation sites is 1.